The van der Waals surface area contributed by atoms with Gasteiger partial charge in [-0.2, -0.15) is 0 Å². The Bertz CT molecular complexity index is 1140. The van der Waals surface area contributed by atoms with E-state index in [-0.39, 0.29) is 41.5 Å². The van der Waals surface area contributed by atoms with Gasteiger partial charge in [0.25, 0.3) is 0 Å². The molecule has 2 amide bonds. The lowest BCUT2D eigenvalue weighted by atomic mass is 9.51. The second kappa shape index (κ2) is 5.47. The Kier molecular flexibility index (Phi) is 3.05. The summed E-state index contributed by atoms with van der Waals surface area (Å²) in [6.45, 7) is 0. The molecular formula is C26H23NO2. The minimum absolute atomic E-state index is 0.108. The normalized spacial score (nSPS) is 30.7. The maximum Gasteiger partial charge on any atom is 0.234 e. The van der Waals surface area contributed by atoms with Crippen LogP contribution in [0.1, 0.15) is 55.1 Å². The Morgan fingerprint density at radius 3 is 1.66 bits per heavy atom. The zero-order valence-corrected chi connectivity index (χ0v) is 16.3. The molecule has 0 aromatic heterocycles. The van der Waals surface area contributed by atoms with Gasteiger partial charge in [-0.05, 0) is 45.5 Å². The number of hydrogen-bond acceptors (Lipinski definition) is 2. The quantitative estimate of drug-likeness (QED) is 0.433. The molecule has 3 nitrogen and oxygen atoms in total. The third-order valence-corrected chi connectivity index (χ3v) is 8.20. The number of fused-ring (bicyclic) bond motifs is 6. The van der Waals surface area contributed by atoms with E-state index in [1.165, 1.54) is 39.1 Å². The summed E-state index contributed by atoms with van der Waals surface area (Å²) < 4.78 is 0. The van der Waals surface area contributed by atoms with E-state index in [1.807, 2.05) is 0 Å². The van der Waals surface area contributed by atoms with Gasteiger partial charge in [0, 0.05) is 17.9 Å². The molecule has 0 N–H and O–H groups in total. The first kappa shape index (κ1) is 16.2. The molecule has 2 saturated carbocycles. The maximum atomic E-state index is 13.5. The summed E-state index contributed by atoms with van der Waals surface area (Å²) in [5.41, 5.74) is 2.56. The van der Waals surface area contributed by atoms with Crippen LogP contribution in [0.3, 0.4) is 0 Å². The zero-order chi connectivity index (χ0) is 19.3. The third kappa shape index (κ3) is 1.85. The van der Waals surface area contributed by atoms with Gasteiger partial charge >= 0.3 is 0 Å². The predicted molar refractivity (Wildman–Crippen MR) is 113 cm³/mol. The minimum atomic E-state index is -0.163. The molecule has 3 aromatic rings. The van der Waals surface area contributed by atoms with Crippen LogP contribution in [0.2, 0.25) is 0 Å². The van der Waals surface area contributed by atoms with E-state index in [2.05, 4.69) is 48.5 Å². The third-order valence-electron chi connectivity index (χ3n) is 8.20. The number of rotatable bonds is 1. The van der Waals surface area contributed by atoms with E-state index in [9.17, 15) is 9.59 Å². The topological polar surface area (TPSA) is 37.4 Å². The number of carbonyl (C=O) groups is 2. The summed E-state index contributed by atoms with van der Waals surface area (Å²) >= 11 is 0. The summed E-state index contributed by atoms with van der Waals surface area (Å²) in [5.74, 6) is 0.184. The SMILES string of the molecule is O=C1[C@@H]2[C@H](C(=O)N1C1CCCCC1)[C@@H]1c3cccc4ccc5cccc(c5c34)[C@H]21. The highest BCUT2D eigenvalue weighted by molar-refractivity contribution is 6.15. The molecule has 1 heterocycles. The van der Waals surface area contributed by atoms with Crippen molar-refractivity contribution in [2.75, 3.05) is 0 Å². The van der Waals surface area contributed by atoms with Gasteiger partial charge in [-0.3, -0.25) is 14.5 Å². The molecule has 3 fully saturated rings. The van der Waals surface area contributed by atoms with Crippen molar-refractivity contribution in [1.29, 1.82) is 0 Å². The van der Waals surface area contributed by atoms with Gasteiger partial charge < -0.3 is 0 Å². The molecule has 1 saturated heterocycles. The van der Waals surface area contributed by atoms with E-state index < -0.39 is 0 Å². The molecule has 0 spiro atoms. The van der Waals surface area contributed by atoms with Crippen LogP contribution in [0.25, 0.3) is 21.5 Å². The van der Waals surface area contributed by atoms with Crippen molar-refractivity contribution < 1.29 is 9.59 Å². The first-order chi connectivity index (χ1) is 14.3. The second-order valence-corrected chi connectivity index (χ2v) is 9.40. The van der Waals surface area contributed by atoms with Crippen LogP contribution in [0.5, 0.6) is 0 Å². The molecule has 3 aliphatic carbocycles. The molecular weight excluding hydrogens is 358 g/mol. The average molecular weight is 381 g/mol. The van der Waals surface area contributed by atoms with Crippen molar-refractivity contribution in [3.63, 3.8) is 0 Å². The molecule has 0 unspecified atom stereocenters. The van der Waals surface area contributed by atoms with Crippen LogP contribution in [0.15, 0.2) is 48.5 Å². The fourth-order valence-electron chi connectivity index (χ4n) is 7.03. The predicted octanol–water partition coefficient (Wildman–Crippen LogP) is 5.12. The largest absolute Gasteiger partial charge is 0.279 e. The van der Waals surface area contributed by atoms with Gasteiger partial charge in [0.2, 0.25) is 11.8 Å². The van der Waals surface area contributed by atoms with E-state index in [1.54, 1.807) is 4.90 Å². The Labute approximate surface area is 169 Å². The van der Waals surface area contributed by atoms with Gasteiger partial charge in [0.05, 0.1) is 11.8 Å². The molecule has 3 heteroatoms. The van der Waals surface area contributed by atoms with Gasteiger partial charge in [-0.15, -0.1) is 0 Å². The fourth-order valence-corrected chi connectivity index (χ4v) is 7.03. The number of hydrogen-bond donors (Lipinski definition) is 0. The van der Waals surface area contributed by atoms with Gasteiger partial charge in [-0.1, -0.05) is 67.8 Å². The summed E-state index contributed by atoms with van der Waals surface area (Å²) in [7, 11) is 0. The van der Waals surface area contributed by atoms with Crippen molar-refractivity contribution in [2.45, 2.75) is 50.0 Å². The number of likely N-dealkylation sites (tertiary alicyclic amines) is 1. The van der Waals surface area contributed by atoms with Crippen LogP contribution < -0.4 is 0 Å². The number of nitrogens with zero attached hydrogens (tertiary/aromatic N) is 1. The highest BCUT2D eigenvalue weighted by Crippen LogP contribution is 2.66. The molecule has 0 radical (unpaired) electrons. The van der Waals surface area contributed by atoms with Crippen molar-refractivity contribution in [3.05, 3.63) is 59.7 Å². The zero-order valence-electron chi connectivity index (χ0n) is 16.3. The Hall–Kier alpha value is -2.68. The standard InChI is InChI=1S/C26H23NO2/c28-25-23-21-17-10-4-6-14-12-13-15-7-5-11-18(20(15)19(14)17)22(21)24(23)26(29)27(25)16-8-2-1-3-9-16/h4-7,10-13,16,21-24H,1-3,8-9H2/t21-,22+,23-,24+. The lowest BCUT2D eigenvalue weighted by molar-refractivity contribution is -0.142. The second-order valence-electron chi connectivity index (χ2n) is 9.40. The lowest BCUT2D eigenvalue weighted by Crippen LogP contribution is -2.46. The van der Waals surface area contributed by atoms with Gasteiger partial charge in [0.15, 0.2) is 0 Å². The number of imide groups is 1. The van der Waals surface area contributed by atoms with Crippen LogP contribution in [0.4, 0.5) is 0 Å². The summed E-state index contributed by atoms with van der Waals surface area (Å²) in [6.07, 6.45) is 5.46. The lowest BCUT2D eigenvalue weighted by Gasteiger charge is -2.49. The van der Waals surface area contributed by atoms with Crippen molar-refractivity contribution in [3.8, 4) is 0 Å². The van der Waals surface area contributed by atoms with E-state index >= 15 is 0 Å². The van der Waals surface area contributed by atoms with Crippen LogP contribution in [-0.4, -0.2) is 22.8 Å². The van der Waals surface area contributed by atoms with Crippen LogP contribution in [-0.2, 0) is 9.59 Å². The van der Waals surface area contributed by atoms with Gasteiger partial charge in [0.1, 0.15) is 0 Å². The van der Waals surface area contributed by atoms with E-state index in [4.69, 9.17) is 0 Å². The fraction of sp³-hybridized carbons (Fsp3) is 0.385. The Morgan fingerprint density at radius 1 is 0.621 bits per heavy atom. The number of benzene rings is 3. The minimum Gasteiger partial charge on any atom is -0.279 e. The van der Waals surface area contributed by atoms with Crippen molar-refractivity contribution in [2.24, 2.45) is 11.8 Å². The average Bonchev–Trinajstić information content (AvgIpc) is 2.94. The van der Waals surface area contributed by atoms with Crippen molar-refractivity contribution >= 4 is 33.4 Å². The highest BCUT2D eigenvalue weighted by atomic mass is 16.2. The highest BCUT2D eigenvalue weighted by Gasteiger charge is 2.66. The number of amides is 2. The molecule has 1 aliphatic heterocycles. The summed E-state index contributed by atoms with van der Waals surface area (Å²) in [5, 5.41) is 5.09. The molecule has 7 rings (SSSR count). The Morgan fingerprint density at radius 2 is 1.14 bits per heavy atom. The molecule has 29 heavy (non-hydrogen) atoms. The molecule has 144 valence electrons. The molecule has 0 bridgehead atoms. The van der Waals surface area contributed by atoms with Crippen LogP contribution in [0, 0.1) is 11.8 Å². The van der Waals surface area contributed by atoms with E-state index in [0.717, 1.165) is 25.7 Å². The summed E-state index contributed by atoms with van der Waals surface area (Å²) in [6, 6.07) is 17.5. The monoisotopic (exact) mass is 381 g/mol. The van der Waals surface area contributed by atoms with E-state index in [0.29, 0.717) is 0 Å². The Balaban J connectivity index is 1.43. The number of carbonyl (C=O) groups excluding carboxylic acids is 2. The van der Waals surface area contributed by atoms with Crippen molar-refractivity contribution in [1.82, 2.24) is 4.90 Å². The molecule has 3 aromatic carbocycles. The first-order valence-corrected chi connectivity index (χ1v) is 11.1. The van der Waals surface area contributed by atoms with Gasteiger partial charge in [-0.25, -0.2) is 0 Å². The summed E-state index contributed by atoms with van der Waals surface area (Å²) in [4.78, 5) is 28.7. The van der Waals surface area contributed by atoms with Crippen LogP contribution >= 0.6 is 0 Å². The molecule has 4 atom stereocenters. The maximum absolute atomic E-state index is 13.5. The first-order valence-electron chi connectivity index (χ1n) is 11.1. The smallest absolute Gasteiger partial charge is 0.234 e. The molecule has 4 aliphatic rings.